The lowest BCUT2D eigenvalue weighted by atomic mass is 10.1. The molecule has 0 aliphatic carbocycles. The zero-order valence-corrected chi connectivity index (χ0v) is 27.0. The van der Waals surface area contributed by atoms with E-state index in [2.05, 4.69) is 21.2 Å². The topological polar surface area (TPSA) is 105 Å². The van der Waals surface area contributed by atoms with E-state index in [9.17, 15) is 18.0 Å². The maximum absolute atomic E-state index is 14.1. The summed E-state index contributed by atoms with van der Waals surface area (Å²) in [6.07, 6.45) is 1.71. The van der Waals surface area contributed by atoms with Crippen LogP contribution >= 0.6 is 15.9 Å². The summed E-state index contributed by atoms with van der Waals surface area (Å²) in [5, 5.41) is 2.88. The van der Waals surface area contributed by atoms with Crippen LogP contribution in [-0.2, 0) is 26.2 Å². The largest absolute Gasteiger partial charge is 0.497 e. The van der Waals surface area contributed by atoms with Crippen LogP contribution in [0, 0.1) is 6.92 Å². The minimum absolute atomic E-state index is 0.00981. The lowest BCUT2D eigenvalue weighted by Crippen LogP contribution is -2.51. The van der Waals surface area contributed by atoms with Crippen molar-refractivity contribution in [1.29, 1.82) is 0 Å². The van der Waals surface area contributed by atoms with E-state index in [4.69, 9.17) is 9.47 Å². The van der Waals surface area contributed by atoms with E-state index in [1.54, 1.807) is 31.2 Å². The van der Waals surface area contributed by atoms with Gasteiger partial charge in [0, 0.05) is 23.6 Å². The molecule has 0 saturated carbocycles. The number of sulfonamides is 1. The first-order chi connectivity index (χ1) is 20.0. The van der Waals surface area contributed by atoms with Crippen LogP contribution in [0.1, 0.15) is 37.8 Å². The number of hydrogen-bond acceptors (Lipinski definition) is 6. The lowest BCUT2D eigenvalue weighted by molar-refractivity contribution is -0.139. The molecule has 0 radical (unpaired) electrons. The number of rotatable bonds is 14. The summed E-state index contributed by atoms with van der Waals surface area (Å²) >= 11 is 3.42. The summed E-state index contributed by atoms with van der Waals surface area (Å²) < 4.78 is 41.0. The van der Waals surface area contributed by atoms with Crippen molar-refractivity contribution in [2.24, 2.45) is 0 Å². The molecule has 0 heterocycles. The molecule has 3 rings (SSSR count). The van der Waals surface area contributed by atoms with Crippen LogP contribution in [0.3, 0.4) is 0 Å². The summed E-state index contributed by atoms with van der Waals surface area (Å²) in [5.41, 5.74) is 1.81. The Bertz CT molecular complexity index is 1460. The van der Waals surface area contributed by atoms with E-state index in [1.807, 2.05) is 38.1 Å². The molecule has 0 aliphatic heterocycles. The normalized spacial score (nSPS) is 11.9. The van der Waals surface area contributed by atoms with Crippen LogP contribution in [0.25, 0.3) is 0 Å². The molecule has 0 unspecified atom stereocenters. The van der Waals surface area contributed by atoms with Gasteiger partial charge in [0.2, 0.25) is 11.8 Å². The molecule has 1 atom stereocenters. The first-order valence-electron chi connectivity index (χ1n) is 13.6. The van der Waals surface area contributed by atoms with Gasteiger partial charge in [-0.3, -0.25) is 13.9 Å². The van der Waals surface area contributed by atoms with Crippen LogP contribution in [-0.4, -0.2) is 58.5 Å². The van der Waals surface area contributed by atoms with Crippen molar-refractivity contribution in [3.63, 3.8) is 0 Å². The average Bonchev–Trinajstić information content (AvgIpc) is 2.99. The summed E-state index contributed by atoms with van der Waals surface area (Å²) in [6.45, 7) is 5.52. The maximum Gasteiger partial charge on any atom is 0.264 e. The van der Waals surface area contributed by atoms with Crippen LogP contribution in [0.15, 0.2) is 76.1 Å². The molecule has 0 spiro atoms. The van der Waals surface area contributed by atoms with Crippen molar-refractivity contribution in [2.75, 3.05) is 31.6 Å². The smallest absolute Gasteiger partial charge is 0.264 e. The molecule has 0 saturated heterocycles. The molecule has 3 aromatic rings. The molecular formula is C31H38BrN3O6S. The zero-order chi connectivity index (χ0) is 30.9. The number of anilines is 1. The summed E-state index contributed by atoms with van der Waals surface area (Å²) in [7, 11) is -1.37. The molecular weight excluding hydrogens is 622 g/mol. The number of halogens is 1. The van der Waals surface area contributed by atoms with Crippen molar-refractivity contribution >= 4 is 43.5 Å². The first kappa shape index (κ1) is 32.9. The summed E-state index contributed by atoms with van der Waals surface area (Å²) in [5.74, 6) is -0.251. The second-order valence-electron chi connectivity index (χ2n) is 9.83. The highest BCUT2D eigenvalue weighted by Crippen LogP contribution is 2.36. The van der Waals surface area contributed by atoms with Gasteiger partial charge < -0.3 is 19.7 Å². The van der Waals surface area contributed by atoms with Crippen LogP contribution < -0.4 is 19.1 Å². The van der Waals surface area contributed by atoms with Crippen LogP contribution in [0.5, 0.6) is 11.5 Å². The predicted octanol–water partition coefficient (Wildman–Crippen LogP) is 5.30. The van der Waals surface area contributed by atoms with Crippen molar-refractivity contribution in [1.82, 2.24) is 10.2 Å². The Morgan fingerprint density at radius 2 is 1.64 bits per heavy atom. The molecule has 1 N–H and O–H groups in total. The number of carbonyl (C=O) groups excluding carboxylic acids is 2. The monoisotopic (exact) mass is 659 g/mol. The van der Waals surface area contributed by atoms with Crippen LogP contribution in [0.2, 0.25) is 0 Å². The number of benzene rings is 3. The predicted molar refractivity (Wildman–Crippen MR) is 167 cm³/mol. The van der Waals surface area contributed by atoms with E-state index in [0.29, 0.717) is 12.3 Å². The second kappa shape index (κ2) is 15.1. The van der Waals surface area contributed by atoms with E-state index in [1.165, 1.54) is 37.3 Å². The third-order valence-corrected chi connectivity index (χ3v) is 9.11. The van der Waals surface area contributed by atoms with E-state index >= 15 is 0 Å². The van der Waals surface area contributed by atoms with Gasteiger partial charge in [-0.25, -0.2) is 8.42 Å². The number of methoxy groups -OCH3 is 2. The number of amides is 2. The molecule has 0 aromatic heterocycles. The second-order valence-corrected chi connectivity index (χ2v) is 12.6. The average molecular weight is 661 g/mol. The highest BCUT2D eigenvalue weighted by Gasteiger charge is 2.34. The van der Waals surface area contributed by atoms with E-state index < -0.39 is 28.5 Å². The molecule has 2 amide bonds. The van der Waals surface area contributed by atoms with Gasteiger partial charge in [0.1, 0.15) is 24.1 Å². The Kier molecular flexibility index (Phi) is 11.8. The molecule has 11 heteroatoms. The highest BCUT2D eigenvalue weighted by atomic mass is 79.9. The standard InChI is InChI=1S/C31H38BrN3O6S/c1-6-7-18-33-31(37)23(3)34(20-24-10-12-25(32)13-11-24)30(36)21-35(28-19-26(40-4)14-17-29(28)41-5)42(38,39)27-15-8-22(2)9-16-27/h8-17,19,23H,6-7,18,20-21H2,1-5H3,(H,33,37)/t23-/m0/s1. The summed E-state index contributed by atoms with van der Waals surface area (Å²) in [6, 6.07) is 17.6. The quantitative estimate of drug-likeness (QED) is 0.235. The minimum Gasteiger partial charge on any atom is -0.497 e. The number of nitrogens with zero attached hydrogens (tertiary/aromatic N) is 2. The van der Waals surface area contributed by atoms with Crippen molar-refractivity contribution in [3.8, 4) is 11.5 Å². The molecule has 9 nitrogen and oxygen atoms in total. The Morgan fingerprint density at radius 3 is 2.24 bits per heavy atom. The van der Waals surface area contributed by atoms with Gasteiger partial charge in [-0.1, -0.05) is 59.1 Å². The van der Waals surface area contributed by atoms with E-state index in [0.717, 1.165) is 32.7 Å². The molecule has 0 aliphatic rings. The van der Waals surface area contributed by atoms with Gasteiger partial charge in [0.25, 0.3) is 10.0 Å². The molecule has 226 valence electrons. The van der Waals surface area contributed by atoms with Gasteiger partial charge in [-0.2, -0.15) is 0 Å². The van der Waals surface area contributed by atoms with Crippen molar-refractivity contribution < 1.29 is 27.5 Å². The Labute approximate surface area is 257 Å². The maximum atomic E-state index is 14.1. The van der Waals surface area contributed by atoms with Crippen LogP contribution in [0.4, 0.5) is 5.69 Å². The van der Waals surface area contributed by atoms with E-state index in [-0.39, 0.29) is 28.8 Å². The zero-order valence-electron chi connectivity index (χ0n) is 24.6. The van der Waals surface area contributed by atoms with Gasteiger partial charge >= 0.3 is 0 Å². The Morgan fingerprint density at radius 1 is 0.976 bits per heavy atom. The Hall–Kier alpha value is -3.57. The number of nitrogens with one attached hydrogen (secondary N) is 1. The van der Waals surface area contributed by atoms with Crippen molar-refractivity contribution in [2.45, 2.75) is 51.1 Å². The minimum atomic E-state index is -4.26. The SMILES string of the molecule is CCCCNC(=O)[C@H](C)N(Cc1ccc(Br)cc1)C(=O)CN(c1cc(OC)ccc1OC)S(=O)(=O)c1ccc(C)cc1. The van der Waals surface area contributed by atoms with Gasteiger partial charge in [0.05, 0.1) is 24.8 Å². The number of carbonyl (C=O) groups is 2. The third kappa shape index (κ3) is 8.25. The number of aryl methyl sites for hydroxylation is 1. The summed E-state index contributed by atoms with van der Waals surface area (Å²) in [4.78, 5) is 28.6. The fourth-order valence-electron chi connectivity index (χ4n) is 4.25. The fourth-order valence-corrected chi connectivity index (χ4v) is 5.93. The number of ether oxygens (including phenoxy) is 2. The third-order valence-electron chi connectivity index (χ3n) is 6.81. The van der Waals surface area contributed by atoms with Gasteiger partial charge in [-0.05, 0) is 62.2 Å². The lowest BCUT2D eigenvalue weighted by Gasteiger charge is -2.32. The first-order valence-corrected chi connectivity index (χ1v) is 15.9. The van der Waals surface area contributed by atoms with Gasteiger partial charge in [-0.15, -0.1) is 0 Å². The molecule has 3 aromatic carbocycles. The molecule has 0 fully saturated rings. The fraction of sp³-hybridized carbons (Fsp3) is 0.355. The molecule has 0 bridgehead atoms. The Balaban J connectivity index is 2.09. The van der Waals surface area contributed by atoms with Crippen molar-refractivity contribution in [3.05, 3.63) is 82.3 Å². The number of hydrogen-bond donors (Lipinski definition) is 1. The van der Waals surface area contributed by atoms with Gasteiger partial charge in [0.15, 0.2) is 0 Å². The molecule has 42 heavy (non-hydrogen) atoms. The highest BCUT2D eigenvalue weighted by molar-refractivity contribution is 9.10. The number of unbranched alkanes of at least 4 members (excludes halogenated alkanes) is 1.